The smallest absolute Gasteiger partial charge is 0.160 e. The second-order valence-electron chi connectivity index (χ2n) is 2.57. The fraction of sp³-hybridized carbons (Fsp3) is 0.125. The second kappa shape index (κ2) is 2.68. The van der Waals surface area contributed by atoms with Crippen LogP contribution in [0.4, 0.5) is 5.69 Å². The fourth-order valence-electron chi connectivity index (χ4n) is 1.15. The lowest BCUT2D eigenvalue weighted by Crippen LogP contribution is -2.25. The molecular weight excluding hydrogens is 174 g/mol. The number of nitrogens with one attached hydrogen (secondary N) is 1. The zero-order chi connectivity index (χ0) is 8.55. The van der Waals surface area contributed by atoms with Crippen molar-refractivity contribution in [3.63, 3.8) is 0 Å². The Kier molecular flexibility index (Phi) is 1.66. The molecule has 0 saturated carbocycles. The largest absolute Gasteiger partial charge is 0.282 e. The van der Waals surface area contributed by atoms with E-state index >= 15 is 0 Å². The van der Waals surface area contributed by atoms with Gasteiger partial charge >= 0.3 is 0 Å². The van der Waals surface area contributed by atoms with Crippen molar-refractivity contribution >= 4 is 22.5 Å². The Morgan fingerprint density at radius 3 is 3.00 bits per heavy atom. The number of hydrazine groups is 1. The van der Waals surface area contributed by atoms with Crippen molar-refractivity contribution in [3.8, 4) is 0 Å². The average Bonchev–Trinajstić information content (AvgIpc) is 2.04. The summed E-state index contributed by atoms with van der Waals surface area (Å²) in [4.78, 5) is 0. The molecule has 3 nitrogen and oxygen atoms in total. The summed E-state index contributed by atoms with van der Waals surface area (Å²) < 4.78 is 0. The molecule has 2 rings (SSSR count). The fourth-order valence-corrected chi connectivity index (χ4v) is 1.42. The third kappa shape index (κ3) is 1.12. The highest BCUT2D eigenvalue weighted by molar-refractivity contribution is 6.70. The van der Waals surface area contributed by atoms with Crippen molar-refractivity contribution in [3.05, 3.63) is 29.8 Å². The summed E-state index contributed by atoms with van der Waals surface area (Å²) in [5, 5.41) is 6.14. The van der Waals surface area contributed by atoms with E-state index in [0.29, 0.717) is 5.17 Å². The number of fused-ring (bicyclic) bond motifs is 1. The van der Waals surface area contributed by atoms with Crippen LogP contribution < -0.4 is 5.43 Å². The van der Waals surface area contributed by atoms with Gasteiger partial charge in [-0.15, -0.1) is 5.10 Å². The minimum atomic E-state index is 0.520. The first kappa shape index (κ1) is 7.43. The van der Waals surface area contributed by atoms with Gasteiger partial charge in [-0.1, -0.05) is 23.7 Å². The van der Waals surface area contributed by atoms with E-state index in [0.717, 1.165) is 11.3 Å². The van der Waals surface area contributed by atoms with E-state index in [-0.39, 0.29) is 0 Å². The Bertz CT molecular complexity index is 335. The number of rotatable bonds is 0. The zero-order valence-corrected chi connectivity index (χ0v) is 7.34. The normalized spacial score (nSPS) is 14.8. The second-order valence-corrected chi connectivity index (χ2v) is 2.93. The summed E-state index contributed by atoms with van der Waals surface area (Å²) in [6.07, 6.45) is 0. The quantitative estimate of drug-likeness (QED) is 0.662. The first-order valence-corrected chi connectivity index (χ1v) is 3.99. The summed E-state index contributed by atoms with van der Waals surface area (Å²) in [7, 11) is 1.80. The monoisotopic (exact) mass is 181 g/mol. The van der Waals surface area contributed by atoms with Crippen LogP contribution in [0.2, 0.25) is 0 Å². The van der Waals surface area contributed by atoms with Crippen molar-refractivity contribution in [2.45, 2.75) is 0 Å². The van der Waals surface area contributed by atoms with Crippen LogP contribution in [0.15, 0.2) is 29.4 Å². The lowest BCUT2D eigenvalue weighted by atomic mass is 10.2. The van der Waals surface area contributed by atoms with Crippen LogP contribution in [-0.4, -0.2) is 17.3 Å². The molecule has 1 aromatic carbocycles. The Hall–Kier alpha value is -1.22. The first-order chi connectivity index (χ1) is 5.77. The molecule has 0 aromatic heterocycles. The van der Waals surface area contributed by atoms with Gasteiger partial charge in [0.25, 0.3) is 0 Å². The van der Waals surface area contributed by atoms with E-state index in [2.05, 4.69) is 10.5 Å². The molecule has 1 heterocycles. The van der Waals surface area contributed by atoms with Crippen LogP contribution in [0, 0.1) is 0 Å². The van der Waals surface area contributed by atoms with E-state index in [1.807, 2.05) is 24.3 Å². The lowest BCUT2D eigenvalue weighted by Gasteiger charge is -2.22. The number of nitrogens with zero attached hydrogens (tertiary/aromatic N) is 2. The van der Waals surface area contributed by atoms with Gasteiger partial charge < -0.3 is 0 Å². The van der Waals surface area contributed by atoms with Gasteiger partial charge in [-0.05, 0) is 12.1 Å². The molecule has 0 aliphatic carbocycles. The third-order valence-electron chi connectivity index (χ3n) is 1.67. The van der Waals surface area contributed by atoms with Crippen molar-refractivity contribution in [2.75, 3.05) is 12.5 Å². The van der Waals surface area contributed by atoms with Crippen molar-refractivity contribution in [1.29, 1.82) is 0 Å². The Labute approximate surface area is 75.6 Å². The van der Waals surface area contributed by atoms with E-state index in [4.69, 9.17) is 11.6 Å². The molecule has 12 heavy (non-hydrogen) atoms. The van der Waals surface area contributed by atoms with Gasteiger partial charge in [-0.25, -0.2) is 5.12 Å². The molecular formula is C8H8ClN3. The number of para-hydroxylation sites is 1. The SMILES string of the molecule is CN1N=C(Cl)c2ccccc2N1. The van der Waals surface area contributed by atoms with Gasteiger partial charge in [0, 0.05) is 12.6 Å². The van der Waals surface area contributed by atoms with Crippen LogP contribution in [0.25, 0.3) is 0 Å². The maximum atomic E-state index is 5.91. The van der Waals surface area contributed by atoms with Gasteiger partial charge in [0.15, 0.2) is 5.17 Å². The molecule has 1 aliphatic heterocycles. The highest BCUT2D eigenvalue weighted by atomic mass is 35.5. The first-order valence-electron chi connectivity index (χ1n) is 3.61. The predicted octanol–water partition coefficient (Wildman–Crippen LogP) is 1.86. The minimum Gasteiger partial charge on any atom is -0.282 e. The highest BCUT2D eigenvalue weighted by Gasteiger charge is 2.12. The maximum Gasteiger partial charge on any atom is 0.160 e. The summed E-state index contributed by atoms with van der Waals surface area (Å²) in [5.74, 6) is 0. The number of halogens is 1. The summed E-state index contributed by atoms with van der Waals surface area (Å²) >= 11 is 5.91. The topological polar surface area (TPSA) is 27.6 Å². The average molecular weight is 182 g/mol. The molecule has 0 amide bonds. The summed E-state index contributed by atoms with van der Waals surface area (Å²) in [6, 6.07) is 7.78. The molecule has 0 atom stereocenters. The van der Waals surface area contributed by atoms with Crippen LogP contribution >= 0.6 is 11.6 Å². The van der Waals surface area contributed by atoms with Gasteiger partial charge in [-0.2, -0.15) is 0 Å². The molecule has 0 saturated heterocycles. The van der Waals surface area contributed by atoms with Gasteiger partial charge in [-0.3, -0.25) is 5.43 Å². The predicted molar refractivity (Wildman–Crippen MR) is 50.2 cm³/mol. The molecule has 0 bridgehead atoms. The highest BCUT2D eigenvalue weighted by Crippen LogP contribution is 2.21. The minimum absolute atomic E-state index is 0.520. The molecule has 1 aliphatic rings. The molecule has 0 fully saturated rings. The number of hydrogen-bond acceptors (Lipinski definition) is 3. The summed E-state index contributed by atoms with van der Waals surface area (Å²) in [6.45, 7) is 0. The lowest BCUT2D eigenvalue weighted by molar-refractivity contribution is 0.427. The van der Waals surface area contributed by atoms with Crippen molar-refractivity contribution < 1.29 is 0 Å². The van der Waals surface area contributed by atoms with E-state index in [1.165, 1.54) is 0 Å². The van der Waals surface area contributed by atoms with Gasteiger partial charge in [0.05, 0.1) is 5.69 Å². The molecule has 4 heteroatoms. The molecule has 62 valence electrons. The van der Waals surface area contributed by atoms with Crippen molar-refractivity contribution in [2.24, 2.45) is 5.10 Å². The van der Waals surface area contributed by atoms with E-state index < -0.39 is 0 Å². The van der Waals surface area contributed by atoms with E-state index in [9.17, 15) is 0 Å². The Balaban J connectivity index is 2.53. The number of hydrazone groups is 1. The van der Waals surface area contributed by atoms with Crippen molar-refractivity contribution in [1.82, 2.24) is 5.12 Å². The standard InChI is InChI=1S/C8H8ClN3/c1-12-10-7-5-3-2-4-6(7)8(9)11-12/h2-5,10H,1H3. The zero-order valence-electron chi connectivity index (χ0n) is 6.58. The van der Waals surface area contributed by atoms with Crippen LogP contribution in [-0.2, 0) is 0 Å². The van der Waals surface area contributed by atoms with Gasteiger partial charge in [0.2, 0.25) is 0 Å². The van der Waals surface area contributed by atoms with Gasteiger partial charge in [0.1, 0.15) is 0 Å². The van der Waals surface area contributed by atoms with E-state index in [1.54, 1.807) is 12.2 Å². The number of benzene rings is 1. The summed E-state index contributed by atoms with van der Waals surface area (Å²) in [5.41, 5.74) is 4.98. The molecule has 0 spiro atoms. The molecule has 0 unspecified atom stereocenters. The maximum absolute atomic E-state index is 5.91. The Morgan fingerprint density at radius 1 is 1.42 bits per heavy atom. The molecule has 1 N–H and O–H groups in total. The molecule has 1 aromatic rings. The number of anilines is 1. The van der Waals surface area contributed by atoms with Crippen LogP contribution in [0.5, 0.6) is 0 Å². The van der Waals surface area contributed by atoms with Crippen LogP contribution in [0.3, 0.4) is 0 Å². The van der Waals surface area contributed by atoms with Crippen LogP contribution in [0.1, 0.15) is 5.56 Å². The third-order valence-corrected chi connectivity index (χ3v) is 1.95. The Morgan fingerprint density at radius 2 is 2.17 bits per heavy atom. The molecule has 0 radical (unpaired) electrons. The number of hydrogen-bond donors (Lipinski definition) is 1.